The third-order valence-electron chi connectivity index (χ3n) is 0.614. The minimum atomic E-state index is -1.25. The van der Waals surface area contributed by atoms with Crippen molar-refractivity contribution in [1.29, 1.82) is 0 Å². The summed E-state index contributed by atoms with van der Waals surface area (Å²) in [5.74, 6) is 0. The maximum absolute atomic E-state index is 9.15. The fourth-order valence-electron chi connectivity index (χ4n) is 0.209. The number of rotatable bonds is 3. The number of ether oxygens (including phenoxy) is 2. The standard InChI is InChI=1S/C4H10O2.C2H4O3/c1-2-6-4-3-5;1-5-2(3)4/h5H,2-4H2,1H3;1H3,(H,3,4). The zero-order valence-electron chi connectivity index (χ0n) is 6.74. The molecule has 0 radical (unpaired) electrons. The second-order valence-corrected chi connectivity index (χ2v) is 1.39. The molecule has 5 nitrogen and oxygen atoms in total. The van der Waals surface area contributed by atoms with E-state index in [2.05, 4.69) is 4.74 Å². The Morgan fingerprint density at radius 2 is 2.00 bits per heavy atom. The van der Waals surface area contributed by atoms with Gasteiger partial charge in [-0.05, 0) is 6.92 Å². The molecule has 0 aliphatic carbocycles. The van der Waals surface area contributed by atoms with Crippen molar-refractivity contribution in [3.05, 3.63) is 0 Å². The van der Waals surface area contributed by atoms with Gasteiger partial charge in [0.1, 0.15) is 0 Å². The Hall–Kier alpha value is -0.810. The van der Waals surface area contributed by atoms with Gasteiger partial charge in [-0.25, -0.2) is 4.79 Å². The molecule has 0 fully saturated rings. The molecule has 2 N–H and O–H groups in total. The summed E-state index contributed by atoms with van der Waals surface area (Å²) in [5.41, 5.74) is 0. The lowest BCUT2D eigenvalue weighted by Crippen LogP contribution is -1.96. The van der Waals surface area contributed by atoms with Gasteiger partial charge >= 0.3 is 6.16 Å². The third-order valence-corrected chi connectivity index (χ3v) is 0.614. The molecular formula is C6H14O5. The van der Waals surface area contributed by atoms with Crippen LogP contribution in [-0.2, 0) is 9.47 Å². The van der Waals surface area contributed by atoms with Gasteiger partial charge in [0.15, 0.2) is 0 Å². The number of hydrogen-bond acceptors (Lipinski definition) is 4. The van der Waals surface area contributed by atoms with Gasteiger partial charge in [-0.1, -0.05) is 0 Å². The van der Waals surface area contributed by atoms with E-state index in [1.807, 2.05) is 6.92 Å². The van der Waals surface area contributed by atoms with Crippen LogP contribution in [0.15, 0.2) is 0 Å². The van der Waals surface area contributed by atoms with Crippen molar-refractivity contribution < 1.29 is 24.5 Å². The Morgan fingerprint density at radius 3 is 2.09 bits per heavy atom. The zero-order chi connectivity index (χ0) is 9.11. The average molecular weight is 166 g/mol. The Bertz CT molecular complexity index is 79.0. The van der Waals surface area contributed by atoms with Crippen molar-refractivity contribution in [2.24, 2.45) is 0 Å². The zero-order valence-corrected chi connectivity index (χ0v) is 6.74. The maximum Gasteiger partial charge on any atom is 0.505 e. The van der Waals surface area contributed by atoms with Gasteiger partial charge in [0.05, 0.1) is 20.3 Å². The summed E-state index contributed by atoms with van der Waals surface area (Å²) in [7, 11) is 1.10. The van der Waals surface area contributed by atoms with E-state index in [-0.39, 0.29) is 6.61 Å². The van der Waals surface area contributed by atoms with E-state index in [9.17, 15) is 0 Å². The first-order valence-electron chi connectivity index (χ1n) is 3.14. The molecule has 68 valence electrons. The number of carbonyl (C=O) groups is 1. The van der Waals surface area contributed by atoms with E-state index < -0.39 is 6.16 Å². The van der Waals surface area contributed by atoms with Crippen LogP contribution in [0.1, 0.15) is 6.92 Å². The number of aliphatic hydroxyl groups excluding tert-OH is 1. The SMILES string of the molecule is CCOCCO.COC(=O)O. The number of carboxylic acid groups (broad SMARTS) is 1. The lowest BCUT2D eigenvalue weighted by molar-refractivity contribution is 0.102. The van der Waals surface area contributed by atoms with Crippen LogP contribution in [-0.4, -0.2) is 43.3 Å². The van der Waals surface area contributed by atoms with Crippen molar-refractivity contribution in [2.75, 3.05) is 26.9 Å². The number of methoxy groups -OCH3 is 1. The summed E-state index contributed by atoms with van der Waals surface area (Å²) in [5, 5.41) is 15.6. The molecule has 5 heteroatoms. The number of hydrogen-bond donors (Lipinski definition) is 2. The largest absolute Gasteiger partial charge is 0.505 e. The smallest absolute Gasteiger partial charge is 0.450 e. The van der Waals surface area contributed by atoms with Crippen LogP contribution in [0.2, 0.25) is 0 Å². The second-order valence-electron chi connectivity index (χ2n) is 1.39. The molecule has 0 saturated carbocycles. The molecule has 0 atom stereocenters. The monoisotopic (exact) mass is 166 g/mol. The van der Waals surface area contributed by atoms with E-state index in [0.29, 0.717) is 13.2 Å². The summed E-state index contributed by atoms with van der Waals surface area (Å²) < 4.78 is 8.40. The van der Waals surface area contributed by atoms with Crippen LogP contribution >= 0.6 is 0 Å². The molecule has 0 amide bonds. The Kier molecular flexibility index (Phi) is 13.9. The predicted octanol–water partition coefficient (Wildman–Crippen LogP) is 0.326. The van der Waals surface area contributed by atoms with Gasteiger partial charge in [0.2, 0.25) is 0 Å². The molecule has 0 aromatic rings. The minimum Gasteiger partial charge on any atom is -0.450 e. The molecule has 0 aliphatic heterocycles. The Labute approximate surface area is 65.5 Å². The van der Waals surface area contributed by atoms with Crippen molar-refractivity contribution in [1.82, 2.24) is 0 Å². The normalized spacial score (nSPS) is 7.91. The van der Waals surface area contributed by atoms with Gasteiger partial charge in [-0.2, -0.15) is 0 Å². The van der Waals surface area contributed by atoms with Gasteiger partial charge in [0.25, 0.3) is 0 Å². The molecule has 0 spiro atoms. The lowest BCUT2D eigenvalue weighted by atomic mass is 10.8. The molecule has 11 heavy (non-hydrogen) atoms. The molecule has 0 aliphatic rings. The van der Waals surface area contributed by atoms with Gasteiger partial charge < -0.3 is 19.7 Å². The molecule has 0 bridgehead atoms. The fourth-order valence-corrected chi connectivity index (χ4v) is 0.209. The highest BCUT2D eigenvalue weighted by Gasteiger charge is 1.80. The predicted molar refractivity (Wildman–Crippen MR) is 38.6 cm³/mol. The van der Waals surface area contributed by atoms with Crippen LogP contribution in [0.4, 0.5) is 4.79 Å². The van der Waals surface area contributed by atoms with Gasteiger partial charge in [-0.15, -0.1) is 0 Å². The van der Waals surface area contributed by atoms with Crippen LogP contribution < -0.4 is 0 Å². The second kappa shape index (κ2) is 11.9. The van der Waals surface area contributed by atoms with Gasteiger partial charge in [-0.3, -0.25) is 0 Å². The van der Waals surface area contributed by atoms with E-state index in [1.165, 1.54) is 0 Å². The maximum atomic E-state index is 9.15. The third kappa shape index (κ3) is 27.1. The summed E-state index contributed by atoms with van der Waals surface area (Å²) in [6.07, 6.45) is -1.25. The van der Waals surface area contributed by atoms with E-state index in [1.54, 1.807) is 0 Å². The number of aliphatic hydroxyl groups is 1. The minimum absolute atomic E-state index is 0.133. The molecule has 0 saturated heterocycles. The molecular weight excluding hydrogens is 152 g/mol. The van der Waals surface area contributed by atoms with Crippen LogP contribution in [0, 0.1) is 0 Å². The van der Waals surface area contributed by atoms with Crippen LogP contribution in [0.5, 0.6) is 0 Å². The fraction of sp³-hybridized carbons (Fsp3) is 0.833. The first kappa shape index (κ1) is 12.8. The summed E-state index contributed by atoms with van der Waals surface area (Å²) >= 11 is 0. The quantitative estimate of drug-likeness (QED) is 0.466. The highest BCUT2D eigenvalue weighted by Crippen LogP contribution is 1.66. The Balaban J connectivity index is 0. The van der Waals surface area contributed by atoms with E-state index in [0.717, 1.165) is 7.11 Å². The molecule has 0 aromatic heterocycles. The van der Waals surface area contributed by atoms with E-state index >= 15 is 0 Å². The van der Waals surface area contributed by atoms with Crippen LogP contribution in [0.25, 0.3) is 0 Å². The summed E-state index contributed by atoms with van der Waals surface area (Å²) in [6.45, 7) is 3.20. The van der Waals surface area contributed by atoms with Crippen molar-refractivity contribution >= 4 is 6.16 Å². The van der Waals surface area contributed by atoms with Crippen molar-refractivity contribution in [3.8, 4) is 0 Å². The molecule has 0 unspecified atom stereocenters. The van der Waals surface area contributed by atoms with Crippen molar-refractivity contribution in [2.45, 2.75) is 6.92 Å². The summed E-state index contributed by atoms with van der Waals surface area (Å²) in [6, 6.07) is 0. The average Bonchev–Trinajstić information content (AvgIpc) is 2.02. The van der Waals surface area contributed by atoms with Gasteiger partial charge in [0, 0.05) is 6.61 Å². The first-order valence-corrected chi connectivity index (χ1v) is 3.14. The highest BCUT2D eigenvalue weighted by atomic mass is 16.6. The van der Waals surface area contributed by atoms with Crippen molar-refractivity contribution in [3.63, 3.8) is 0 Å². The topological polar surface area (TPSA) is 76.0 Å². The molecule has 0 rings (SSSR count). The Morgan fingerprint density at radius 1 is 1.55 bits per heavy atom. The highest BCUT2D eigenvalue weighted by molar-refractivity contribution is 5.56. The van der Waals surface area contributed by atoms with Crippen LogP contribution in [0.3, 0.4) is 0 Å². The first-order chi connectivity index (χ1) is 5.18. The lowest BCUT2D eigenvalue weighted by Gasteiger charge is -1.91. The van der Waals surface area contributed by atoms with E-state index in [4.69, 9.17) is 19.7 Å². The molecule has 0 heterocycles. The molecule has 0 aromatic carbocycles. The summed E-state index contributed by atoms with van der Waals surface area (Å²) in [4.78, 5) is 9.15.